The summed E-state index contributed by atoms with van der Waals surface area (Å²) >= 11 is 6.04. The van der Waals surface area contributed by atoms with Crippen molar-refractivity contribution < 1.29 is 4.74 Å². The Labute approximate surface area is 105 Å². The summed E-state index contributed by atoms with van der Waals surface area (Å²) < 4.78 is 7.32. The van der Waals surface area contributed by atoms with E-state index in [-0.39, 0.29) is 0 Å². The zero-order valence-corrected chi connectivity index (χ0v) is 10.3. The molecule has 0 unspecified atom stereocenters. The molecule has 0 radical (unpaired) electrons. The van der Waals surface area contributed by atoms with E-state index in [1.165, 1.54) is 0 Å². The second-order valence-electron chi connectivity index (χ2n) is 3.73. The van der Waals surface area contributed by atoms with Crippen LogP contribution in [-0.4, -0.2) is 9.78 Å². The Morgan fingerprint density at radius 3 is 2.82 bits per heavy atom. The highest BCUT2D eigenvalue weighted by molar-refractivity contribution is 6.31. The number of ether oxygens (including phenoxy) is 1. The van der Waals surface area contributed by atoms with Crippen molar-refractivity contribution in [2.75, 3.05) is 0 Å². The maximum Gasteiger partial charge on any atom is 0.132 e. The standard InChI is InChI=1S/C12H14ClN3O/c1-16-5-4-10(15-16)8-17-11-3-2-9(7-14)12(13)6-11/h2-6H,7-8,14H2,1H3. The smallest absolute Gasteiger partial charge is 0.132 e. The number of rotatable bonds is 4. The van der Waals surface area contributed by atoms with Gasteiger partial charge in [-0.3, -0.25) is 4.68 Å². The lowest BCUT2D eigenvalue weighted by atomic mass is 10.2. The number of benzene rings is 1. The summed E-state index contributed by atoms with van der Waals surface area (Å²) in [5.74, 6) is 0.720. The molecule has 0 aliphatic heterocycles. The second kappa shape index (κ2) is 5.21. The van der Waals surface area contributed by atoms with E-state index >= 15 is 0 Å². The predicted octanol–water partition coefficient (Wildman–Crippen LogP) is 2.11. The Hall–Kier alpha value is -1.52. The summed E-state index contributed by atoms with van der Waals surface area (Å²) in [6, 6.07) is 7.41. The van der Waals surface area contributed by atoms with E-state index in [9.17, 15) is 0 Å². The molecule has 0 spiro atoms. The molecule has 0 aliphatic carbocycles. The molecule has 2 N–H and O–H groups in total. The molecule has 0 bridgehead atoms. The average molecular weight is 252 g/mol. The van der Waals surface area contributed by atoms with Crippen molar-refractivity contribution in [3.63, 3.8) is 0 Å². The van der Waals surface area contributed by atoms with Crippen molar-refractivity contribution >= 4 is 11.6 Å². The molecular weight excluding hydrogens is 238 g/mol. The van der Waals surface area contributed by atoms with Crippen LogP contribution in [0.2, 0.25) is 5.02 Å². The molecule has 90 valence electrons. The van der Waals surface area contributed by atoms with Gasteiger partial charge >= 0.3 is 0 Å². The Kier molecular flexibility index (Phi) is 3.66. The lowest BCUT2D eigenvalue weighted by molar-refractivity contribution is 0.300. The van der Waals surface area contributed by atoms with Crippen LogP contribution in [0.25, 0.3) is 0 Å². The first-order chi connectivity index (χ1) is 8.19. The fraction of sp³-hybridized carbons (Fsp3) is 0.250. The molecule has 4 nitrogen and oxygen atoms in total. The minimum Gasteiger partial charge on any atom is -0.487 e. The van der Waals surface area contributed by atoms with Crippen LogP contribution in [0.3, 0.4) is 0 Å². The van der Waals surface area contributed by atoms with Crippen molar-refractivity contribution in [2.45, 2.75) is 13.2 Å². The van der Waals surface area contributed by atoms with Crippen LogP contribution in [0.5, 0.6) is 5.75 Å². The van der Waals surface area contributed by atoms with Gasteiger partial charge in [0.05, 0.1) is 5.69 Å². The first-order valence-corrected chi connectivity index (χ1v) is 5.66. The Balaban J connectivity index is 2.02. The van der Waals surface area contributed by atoms with Crippen molar-refractivity contribution in [1.29, 1.82) is 0 Å². The number of halogens is 1. The Bertz CT molecular complexity index is 510. The number of nitrogens with two attached hydrogens (primary N) is 1. The highest BCUT2D eigenvalue weighted by Gasteiger charge is 2.02. The molecule has 5 heteroatoms. The van der Waals surface area contributed by atoms with E-state index in [2.05, 4.69) is 5.10 Å². The fourth-order valence-corrected chi connectivity index (χ4v) is 1.73. The number of nitrogens with zero attached hydrogens (tertiary/aromatic N) is 2. The minimum absolute atomic E-state index is 0.430. The summed E-state index contributed by atoms with van der Waals surface area (Å²) in [5.41, 5.74) is 7.33. The normalized spacial score (nSPS) is 10.5. The molecule has 2 rings (SSSR count). The third-order valence-electron chi connectivity index (χ3n) is 2.40. The van der Waals surface area contributed by atoms with Crippen molar-refractivity contribution in [2.24, 2.45) is 12.8 Å². The van der Waals surface area contributed by atoms with Gasteiger partial charge in [-0.25, -0.2) is 0 Å². The molecule has 2 aromatic rings. The topological polar surface area (TPSA) is 53.1 Å². The number of hydrogen-bond acceptors (Lipinski definition) is 3. The molecule has 1 heterocycles. The largest absolute Gasteiger partial charge is 0.487 e. The van der Waals surface area contributed by atoms with E-state index in [1.807, 2.05) is 31.4 Å². The molecule has 0 saturated heterocycles. The monoisotopic (exact) mass is 251 g/mol. The van der Waals surface area contributed by atoms with Gasteiger partial charge in [0.15, 0.2) is 0 Å². The Morgan fingerprint density at radius 1 is 1.41 bits per heavy atom. The molecule has 0 atom stereocenters. The summed E-state index contributed by atoms with van der Waals surface area (Å²) in [4.78, 5) is 0. The summed E-state index contributed by atoms with van der Waals surface area (Å²) in [7, 11) is 1.87. The van der Waals surface area contributed by atoms with Crippen LogP contribution in [0.15, 0.2) is 30.5 Å². The molecule has 1 aromatic carbocycles. The van der Waals surface area contributed by atoms with Gasteiger partial charge < -0.3 is 10.5 Å². The van der Waals surface area contributed by atoms with Crippen LogP contribution in [0.4, 0.5) is 0 Å². The van der Waals surface area contributed by atoms with E-state index in [4.69, 9.17) is 22.1 Å². The lowest BCUT2D eigenvalue weighted by Gasteiger charge is -2.06. The highest BCUT2D eigenvalue weighted by Crippen LogP contribution is 2.22. The minimum atomic E-state index is 0.430. The van der Waals surface area contributed by atoms with Gasteiger partial charge in [-0.05, 0) is 23.8 Å². The van der Waals surface area contributed by atoms with Crippen LogP contribution in [0, 0.1) is 0 Å². The first kappa shape index (κ1) is 12.0. The number of hydrogen-bond donors (Lipinski definition) is 1. The summed E-state index contributed by atoms with van der Waals surface area (Å²) in [6.45, 7) is 0.860. The van der Waals surface area contributed by atoms with Gasteiger partial charge in [-0.2, -0.15) is 5.10 Å². The molecule has 0 saturated carbocycles. The molecular formula is C12H14ClN3O. The van der Waals surface area contributed by atoms with Gasteiger partial charge in [-0.1, -0.05) is 17.7 Å². The van der Waals surface area contributed by atoms with Crippen LogP contribution < -0.4 is 10.5 Å². The van der Waals surface area contributed by atoms with Gasteiger partial charge in [0, 0.05) is 24.8 Å². The van der Waals surface area contributed by atoms with Crippen molar-refractivity contribution in [3.8, 4) is 5.75 Å². The second-order valence-corrected chi connectivity index (χ2v) is 4.13. The summed E-state index contributed by atoms with van der Waals surface area (Å²) in [5, 5.41) is 4.85. The van der Waals surface area contributed by atoms with Crippen LogP contribution in [0.1, 0.15) is 11.3 Å². The molecule has 0 aliphatic rings. The first-order valence-electron chi connectivity index (χ1n) is 5.29. The van der Waals surface area contributed by atoms with E-state index < -0.39 is 0 Å². The maximum absolute atomic E-state index is 6.04. The SMILES string of the molecule is Cn1ccc(COc2ccc(CN)c(Cl)c2)n1. The van der Waals surface area contributed by atoms with E-state index in [0.29, 0.717) is 18.2 Å². The molecule has 1 aromatic heterocycles. The average Bonchev–Trinajstić information content (AvgIpc) is 2.73. The van der Waals surface area contributed by atoms with Crippen LogP contribution >= 0.6 is 11.6 Å². The zero-order valence-electron chi connectivity index (χ0n) is 9.56. The maximum atomic E-state index is 6.04. The third kappa shape index (κ3) is 2.99. The van der Waals surface area contributed by atoms with Gasteiger partial charge in [0.2, 0.25) is 0 Å². The van der Waals surface area contributed by atoms with Crippen molar-refractivity contribution in [3.05, 3.63) is 46.7 Å². The molecule has 0 fully saturated rings. The third-order valence-corrected chi connectivity index (χ3v) is 2.75. The predicted molar refractivity (Wildman–Crippen MR) is 66.9 cm³/mol. The zero-order chi connectivity index (χ0) is 12.3. The molecule has 17 heavy (non-hydrogen) atoms. The number of aryl methyl sites for hydroxylation is 1. The van der Waals surface area contributed by atoms with Crippen LogP contribution in [-0.2, 0) is 20.2 Å². The number of aromatic nitrogens is 2. The van der Waals surface area contributed by atoms with Gasteiger partial charge in [0.1, 0.15) is 12.4 Å². The highest BCUT2D eigenvalue weighted by atomic mass is 35.5. The summed E-state index contributed by atoms with van der Waals surface area (Å²) in [6.07, 6.45) is 1.88. The van der Waals surface area contributed by atoms with Gasteiger partial charge in [0.25, 0.3) is 0 Å². The van der Waals surface area contributed by atoms with E-state index in [1.54, 1.807) is 10.7 Å². The van der Waals surface area contributed by atoms with E-state index in [0.717, 1.165) is 17.0 Å². The molecule has 0 amide bonds. The Morgan fingerprint density at radius 2 is 2.24 bits per heavy atom. The van der Waals surface area contributed by atoms with Crippen molar-refractivity contribution in [1.82, 2.24) is 9.78 Å². The lowest BCUT2D eigenvalue weighted by Crippen LogP contribution is -2.00. The fourth-order valence-electron chi connectivity index (χ4n) is 1.48. The quantitative estimate of drug-likeness (QED) is 0.906. The van der Waals surface area contributed by atoms with Gasteiger partial charge in [-0.15, -0.1) is 0 Å².